The summed E-state index contributed by atoms with van der Waals surface area (Å²) in [4.78, 5) is 10.5. The van der Waals surface area contributed by atoms with E-state index in [1.54, 1.807) is 0 Å². The van der Waals surface area contributed by atoms with Crippen LogP contribution < -0.4 is 4.72 Å². The van der Waals surface area contributed by atoms with Crippen molar-refractivity contribution in [3.8, 4) is 0 Å². The molecule has 0 amide bonds. The molecule has 0 aliphatic carbocycles. The molecule has 94 valence electrons. The zero-order chi connectivity index (χ0) is 12.2. The van der Waals surface area contributed by atoms with Gasteiger partial charge in [0.15, 0.2) is 0 Å². The van der Waals surface area contributed by atoms with E-state index in [1.165, 1.54) is 4.31 Å². The van der Waals surface area contributed by atoms with Gasteiger partial charge in [0.05, 0.1) is 0 Å². The van der Waals surface area contributed by atoms with Crippen molar-refractivity contribution in [1.29, 1.82) is 0 Å². The second-order valence-corrected chi connectivity index (χ2v) is 6.38. The topological polar surface area (TPSA) is 66.5 Å². The van der Waals surface area contributed by atoms with Gasteiger partial charge < -0.3 is 4.79 Å². The quantitative estimate of drug-likeness (QED) is 0.716. The van der Waals surface area contributed by atoms with E-state index in [0.29, 0.717) is 38.4 Å². The van der Waals surface area contributed by atoms with Gasteiger partial charge in [0.25, 0.3) is 10.2 Å². The summed E-state index contributed by atoms with van der Waals surface area (Å²) < 4.78 is 27.6. The summed E-state index contributed by atoms with van der Waals surface area (Å²) in [5.41, 5.74) is 0. The van der Waals surface area contributed by atoms with Gasteiger partial charge in [0.1, 0.15) is 6.29 Å². The van der Waals surface area contributed by atoms with E-state index in [4.69, 9.17) is 0 Å². The van der Waals surface area contributed by atoms with Crippen LogP contribution in [-0.4, -0.2) is 38.6 Å². The molecule has 0 atom stereocenters. The molecule has 1 aliphatic heterocycles. The summed E-state index contributed by atoms with van der Waals surface area (Å²) in [6, 6.07) is 0. The van der Waals surface area contributed by atoms with Crippen LogP contribution in [0.5, 0.6) is 0 Å². The van der Waals surface area contributed by atoms with Gasteiger partial charge in [0, 0.05) is 25.6 Å². The highest BCUT2D eigenvalue weighted by molar-refractivity contribution is 7.87. The predicted molar refractivity (Wildman–Crippen MR) is 62.1 cm³/mol. The first-order chi connectivity index (χ1) is 7.45. The number of nitrogens with zero attached hydrogens (tertiary/aromatic N) is 1. The van der Waals surface area contributed by atoms with Crippen LogP contribution in [0.4, 0.5) is 0 Å². The number of carbonyl (C=O) groups is 1. The third-order valence-electron chi connectivity index (χ3n) is 2.70. The molecule has 0 saturated carbocycles. The Kier molecular flexibility index (Phi) is 4.89. The van der Waals surface area contributed by atoms with Crippen LogP contribution >= 0.6 is 0 Å². The fourth-order valence-corrected chi connectivity index (χ4v) is 3.03. The molecule has 0 bridgehead atoms. The minimum atomic E-state index is -3.34. The zero-order valence-corrected chi connectivity index (χ0v) is 10.7. The standard InChI is InChI=1S/C10H20N2O3S/c1-9(2)7-11-16(14,15)12-5-3-10(8-13)4-6-12/h8-11H,3-7H2,1-2H3. The van der Waals surface area contributed by atoms with Gasteiger partial charge in [-0.2, -0.15) is 12.7 Å². The van der Waals surface area contributed by atoms with Crippen molar-refractivity contribution < 1.29 is 13.2 Å². The smallest absolute Gasteiger partial charge is 0.279 e. The Morgan fingerprint density at radius 1 is 1.38 bits per heavy atom. The maximum Gasteiger partial charge on any atom is 0.279 e. The monoisotopic (exact) mass is 248 g/mol. The number of aldehydes is 1. The molecule has 1 fully saturated rings. The molecule has 5 nitrogen and oxygen atoms in total. The van der Waals surface area contributed by atoms with E-state index in [0.717, 1.165) is 6.29 Å². The van der Waals surface area contributed by atoms with Crippen molar-refractivity contribution in [3.05, 3.63) is 0 Å². The van der Waals surface area contributed by atoms with Crippen LogP contribution in [0.3, 0.4) is 0 Å². The minimum absolute atomic E-state index is 0.0246. The maximum absolute atomic E-state index is 11.8. The molecule has 1 N–H and O–H groups in total. The van der Waals surface area contributed by atoms with E-state index in [1.807, 2.05) is 13.8 Å². The zero-order valence-electron chi connectivity index (χ0n) is 9.85. The lowest BCUT2D eigenvalue weighted by Crippen LogP contribution is -2.46. The van der Waals surface area contributed by atoms with Crippen LogP contribution in [0.25, 0.3) is 0 Å². The lowest BCUT2D eigenvalue weighted by atomic mass is 10.0. The van der Waals surface area contributed by atoms with Crippen molar-refractivity contribution in [1.82, 2.24) is 9.03 Å². The minimum Gasteiger partial charge on any atom is -0.303 e. The highest BCUT2D eigenvalue weighted by Gasteiger charge is 2.27. The van der Waals surface area contributed by atoms with Gasteiger partial charge in [-0.3, -0.25) is 0 Å². The van der Waals surface area contributed by atoms with Gasteiger partial charge in [0.2, 0.25) is 0 Å². The Balaban J connectivity index is 2.48. The first-order valence-corrected chi connectivity index (χ1v) is 7.09. The molecule has 0 radical (unpaired) electrons. The summed E-state index contributed by atoms with van der Waals surface area (Å²) in [7, 11) is -3.34. The van der Waals surface area contributed by atoms with Gasteiger partial charge in [-0.05, 0) is 18.8 Å². The SMILES string of the molecule is CC(C)CNS(=O)(=O)N1CCC(C=O)CC1. The number of rotatable bonds is 5. The molecular formula is C10H20N2O3S. The molecule has 6 heteroatoms. The first-order valence-electron chi connectivity index (χ1n) is 5.65. The number of hydrogen-bond donors (Lipinski definition) is 1. The average molecular weight is 248 g/mol. The van der Waals surface area contributed by atoms with E-state index in [2.05, 4.69) is 4.72 Å². The van der Waals surface area contributed by atoms with Crippen LogP contribution in [-0.2, 0) is 15.0 Å². The largest absolute Gasteiger partial charge is 0.303 e. The van der Waals surface area contributed by atoms with Crippen LogP contribution in [0.1, 0.15) is 26.7 Å². The van der Waals surface area contributed by atoms with Crippen LogP contribution in [0, 0.1) is 11.8 Å². The van der Waals surface area contributed by atoms with Gasteiger partial charge in [-0.1, -0.05) is 13.8 Å². The Morgan fingerprint density at radius 3 is 2.38 bits per heavy atom. The third kappa shape index (κ3) is 3.84. The molecule has 0 aromatic heterocycles. The first kappa shape index (κ1) is 13.6. The molecular weight excluding hydrogens is 228 g/mol. The molecule has 0 aromatic carbocycles. The molecule has 16 heavy (non-hydrogen) atoms. The Bertz CT molecular complexity index is 319. The van der Waals surface area contributed by atoms with Crippen molar-refractivity contribution in [2.24, 2.45) is 11.8 Å². The molecule has 0 unspecified atom stereocenters. The van der Waals surface area contributed by atoms with E-state index in [9.17, 15) is 13.2 Å². The summed E-state index contributed by atoms with van der Waals surface area (Å²) in [5, 5.41) is 0. The van der Waals surface area contributed by atoms with Crippen molar-refractivity contribution in [2.75, 3.05) is 19.6 Å². The van der Waals surface area contributed by atoms with Crippen molar-refractivity contribution >= 4 is 16.5 Å². The maximum atomic E-state index is 11.8. The lowest BCUT2D eigenvalue weighted by Gasteiger charge is -2.29. The normalized spacial score (nSPS) is 20.2. The summed E-state index contributed by atoms with van der Waals surface area (Å²) >= 11 is 0. The Morgan fingerprint density at radius 2 is 1.94 bits per heavy atom. The molecule has 0 aromatic rings. The second-order valence-electron chi connectivity index (χ2n) is 4.62. The fraction of sp³-hybridized carbons (Fsp3) is 0.900. The number of nitrogens with one attached hydrogen (secondary N) is 1. The highest BCUT2D eigenvalue weighted by atomic mass is 32.2. The van der Waals surface area contributed by atoms with Crippen LogP contribution in [0.2, 0.25) is 0 Å². The summed E-state index contributed by atoms with van der Waals surface area (Å²) in [6.45, 7) is 5.26. The third-order valence-corrected chi connectivity index (χ3v) is 4.28. The number of piperidine rings is 1. The van der Waals surface area contributed by atoms with Gasteiger partial charge >= 0.3 is 0 Å². The molecule has 1 saturated heterocycles. The molecule has 1 aliphatic rings. The predicted octanol–water partition coefficient (Wildman–Crippen LogP) is 0.388. The lowest BCUT2D eigenvalue weighted by molar-refractivity contribution is -0.112. The van der Waals surface area contributed by atoms with E-state index < -0.39 is 10.2 Å². The average Bonchev–Trinajstić information content (AvgIpc) is 2.27. The second kappa shape index (κ2) is 5.75. The Labute approximate surface area is 97.4 Å². The summed E-state index contributed by atoms with van der Waals surface area (Å²) in [5.74, 6) is 0.318. The van der Waals surface area contributed by atoms with Crippen molar-refractivity contribution in [2.45, 2.75) is 26.7 Å². The van der Waals surface area contributed by atoms with Crippen molar-refractivity contribution in [3.63, 3.8) is 0 Å². The van der Waals surface area contributed by atoms with E-state index in [-0.39, 0.29) is 5.92 Å². The van der Waals surface area contributed by atoms with Gasteiger partial charge in [-0.25, -0.2) is 4.72 Å². The molecule has 1 heterocycles. The van der Waals surface area contributed by atoms with E-state index >= 15 is 0 Å². The Hall–Kier alpha value is -0.460. The molecule has 0 spiro atoms. The highest BCUT2D eigenvalue weighted by Crippen LogP contribution is 2.16. The summed E-state index contributed by atoms with van der Waals surface area (Å²) in [6.07, 6.45) is 2.18. The number of carbonyl (C=O) groups excluding carboxylic acids is 1. The van der Waals surface area contributed by atoms with Gasteiger partial charge in [-0.15, -0.1) is 0 Å². The molecule has 1 rings (SSSR count). The number of hydrogen-bond acceptors (Lipinski definition) is 3. The fourth-order valence-electron chi connectivity index (χ4n) is 1.62. The van der Waals surface area contributed by atoms with Crippen LogP contribution in [0.15, 0.2) is 0 Å².